The zero-order chi connectivity index (χ0) is 12.4. The van der Waals surface area contributed by atoms with Crippen molar-refractivity contribution in [3.63, 3.8) is 0 Å². The molecule has 6 nitrogen and oxygen atoms in total. The molecule has 0 unspecified atom stereocenters. The molecule has 0 aliphatic heterocycles. The van der Waals surface area contributed by atoms with Crippen LogP contribution in [-0.2, 0) is 11.8 Å². The van der Waals surface area contributed by atoms with Crippen LogP contribution in [0.5, 0.6) is 0 Å². The van der Waals surface area contributed by atoms with E-state index >= 15 is 0 Å². The Kier molecular flexibility index (Phi) is 3.12. The smallest absolute Gasteiger partial charge is 0.306 e. The number of carboxylic acids is 1. The fraction of sp³-hybridized carbons (Fsp3) is 0.545. The van der Waals surface area contributed by atoms with Gasteiger partial charge in [-0.05, 0) is 25.3 Å². The van der Waals surface area contributed by atoms with Gasteiger partial charge in [-0.1, -0.05) is 0 Å². The highest BCUT2D eigenvalue weighted by Gasteiger charge is 2.30. The molecule has 1 fully saturated rings. The van der Waals surface area contributed by atoms with Crippen LogP contribution in [0.1, 0.15) is 29.8 Å². The minimum atomic E-state index is -0.776. The predicted molar refractivity (Wildman–Crippen MR) is 59.4 cm³/mol. The average molecular weight is 237 g/mol. The van der Waals surface area contributed by atoms with Gasteiger partial charge < -0.3 is 10.4 Å². The number of carbonyl (C=O) groups is 2. The van der Waals surface area contributed by atoms with E-state index in [-0.39, 0.29) is 17.9 Å². The van der Waals surface area contributed by atoms with Gasteiger partial charge in [-0.3, -0.25) is 14.3 Å². The highest BCUT2D eigenvalue weighted by atomic mass is 16.4. The summed E-state index contributed by atoms with van der Waals surface area (Å²) in [6.45, 7) is 0. The van der Waals surface area contributed by atoms with Crippen molar-refractivity contribution in [1.29, 1.82) is 0 Å². The fourth-order valence-electron chi connectivity index (χ4n) is 2.19. The summed E-state index contributed by atoms with van der Waals surface area (Å²) >= 11 is 0. The number of carbonyl (C=O) groups excluding carboxylic acids is 1. The van der Waals surface area contributed by atoms with Crippen molar-refractivity contribution in [2.75, 3.05) is 0 Å². The van der Waals surface area contributed by atoms with Crippen molar-refractivity contribution < 1.29 is 14.7 Å². The van der Waals surface area contributed by atoms with E-state index in [9.17, 15) is 9.59 Å². The Hall–Kier alpha value is -1.85. The van der Waals surface area contributed by atoms with Gasteiger partial charge in [0.15, 0.2) is 0 Å². The van der Waals surface area contributed by atoms with Gasteiger partial charge in [0, 0.05) is 19.3 Å². The van der Waals surface area contributed by atoms with Crippen molar-refractivity contribution in [2.24, 2.45) is 13.0 Å². The van der Waals surface area contributed by atoms with Crippen molar-refractivity contribution >= 4 is 11.9 Å². The molecule has 92 valence electrons. The topological polar surface area (TPSA) is 84.2 Å². The maximum Gasteiger partial charge on any atom is 0.306 e. The summed E-state index contributed by atoms with van der Waals surface area (Å²) < 4.78 is 1.50. The molecule has 1 heterocycles. The van der Waals surface area contributed by atoms with E-state index in [4.69, 9.17) is 5.11 Å². The Morgan fingerprint density at radius 3 is 2.82 bits per heavy atom. The molecular weight excluding hydrogens is 222 g/mol. The second-order valence-corrected chi connectivity index (χ2v) is 4.36. The fourth-order valence-corrected chi connectivity index (χ4v) is 2.19. The minimum absolute atomic E-state index is 0.0431. The summed E-state index contributed by atoms with van der Waals surface area (Å²) in [6, 6.07) is 1.59. The largest absolute Gasteiger partial charge is 0.481 e. The molecule has 1 aromatic heterocycles. The molecule has 2 atom stereocenters. The zero-order valence-corrected chi connectivity index (χ0v) is 9.59. The number of aliphatic carboxylic acids is 1. The normalized spacial score (nSPS) is 23.6. The lowest BCUT2D eigenvalue weighted by molar-refractivity contribution is -0.141. The number of aromatic nitrogens is 2. The molecule has 1 saturated carbocycles. The Labute approximate surface area is 98.6 Å². The molecule has 2 N–H and O–H groups in total. The SMILES string of the molecule is Cn1nccc1C(=O)N[C@H]1CC[C@@H](C(=O)O)C1. The van der Waals surface area contributed by atoms with Gasteiger partial charge in [-0.25, -0.2) is 0 Å². The lowest BCUT2D eigenvalue weighted by atomic mass is 10.1. The predicted octanol–water partition coefficient (Wildman–Crippen LogP) is 0.403. The Morgan fingerprint density at radius 2 is 2.29 bits per heavy atom. The second-order valence-electron chi connectivity index (χ2n) is 4.36. The van der Waals surface area contributed by atoms with Gasteiger partial charge in [0.05, 0.1) is 5.92 Å². The van der Waals surface area contributed by atoms with Gasteiger partial charge in [0.1, 0.15) is 5.69 Å². The van der Waals surface area contributed by atoms with Gasteiger partial charge in [0.25, 0.3) is 5.91 Å². The molecule has 17 heavy (non-hydrogen) atoms. The monoisotopic (exact) mass is 237 g/mol. The van der Waals surface area contributed by atoms with Gasteiger partial charge in [-0.2, -0.15) is 5.10 Å². The third-order valence-electron chi connectivity index (χ3n) is 3.17. The molecule has 0 spiro atoms. The summed E-state index contributed by atoms with van der Waals surface area (Å²) in [5.41, 5.74) is 0.490. The molecule has 0 aromatic carbocycles. The molecule has 2 rings (SSSR count). The molecule has 0 bridgehead atoms. The van der Waals surface area contributed by atoms with Crippen LogP contribution in [0, 0.1) is 5.92 Å². The summed E-state index contributed by atoms with van der Waals surface area (Å²) in [5, 5.41) is 15.6. The Balaban J connectivity index is 1.93. The lowest BCUT2D eigenvalue weighted by Gasteiger charge is -2.12. The number of aryl methyl sites for hydroxylation is 1. The van der Waals surface area contributed by atoms with Gasteiger partial charge in [0.2, 0.25) is 0 Å². The summed E-state index contributed by atoms with van der Waals surface area (Å²) in [4.78, 5) is 22.6. The van der Waals surface area contributed by atoms with E-state index in [0.29, 0.717) is 18.5 Å². The van der Waals surface area contributed by atoms with Crippen LogP contribution in [0.3, 0.4) is 0 Å². The first-order valence-corrected chi connectivity index (χ1v) is 5.59. The number of hydrogen-bond acceptors (Lipinski definition) is 3. The van der Waals surface area contributed by atoms with E-state index in [2.05, 4.69) is 10.4 Å². The second kappa shape index (κ2) is 4.57. The average Bonchev–Trinajstić information content (AvgIpc) is 2.86. The van der Waals surface area contributed by atoms with E-state index in [1.807, 2.05) is 0 Å². The first-order chi connectivity index (χ1) is 8.08. The molecule has 6 heteroatoms. The van der Waals surface area contributed by atoms with Crippen LogP contribution >= 0.6 is 0 Å². The van der Waals surface area contributed by atoms with Crippen molar-refractivity contribution in [1.82, 2.24) is 15.1 Å². The number of amides is 1. The van der Waals surface area contributed by atoms with E-state index in [1.54, 1.807) is 19.3 Å². The third kappa shape index (κ3) is 2.46. The molecular formula is C11H15N3O3. The first-order valence-electron chi connectivity index (χ1n) is 5.59. The van der Waals surface area contributed by atoms with Gasteiger partial charge >= 0.3 is 5.97 Å². The van der Waals surface area contributed by atoms with Crippen LogP contribution in [-0.4, -0.2) is 32.8 Å². The number of rotatable bonds is 3. The molecule has 1 amide bonds. The minimum Gasteiger partial charge on any atom is -0.481 e. The van der Waals surface area contributed by atoms with Crippen LogP contribution in [0.15, 0.2) is 12.3 Å². The van der Waals surface area contributed by atoms with Crippen molar-refractivity contribution in [3.8, 4) is 0 Å². The number of hydrogen-bond donors (Lipinski definition) is 2. The van der Waals surface area contributed by atoms with E-state index in [1.165, 1.54) is 4.68 Å². The zero-order valence-electron chi connectivity index (χ0n) is 9.59. The highest BCUT2D eigenvalue weighted by molar-refractivity contribution is 5.92. The van der Waals surface area contributed by atoms with Crippen molar-refractivity contribution in [2.45, 2.75) is 25.3 Å². The molecule has 1 aromatic rings. The number of nitrogens with zero attached hydrogens (tertiary/aromatic N) is 2. The quantitative estimate of drug-likeness (QED) is 0.797. The number of nitrogens with one attached hydrogen (secondary N) is 1. The first kappa shape index (κ1) is 11.6. The molecule has 0 saturated heterocycles. The summed E-state index contributed by atoms with van der Waals surface area (Å²) in [6.07, 6.45) is 3.43. The maximum absolute atomic E-state index is 11.8. The van der Waals surface area contributed by atoms with E-state index in [0.717, 1.165) is 6.42 Å². The molecule has 1 aliphatic rings. The summed E-state index contributed by atoms with van der Waals surface area (Å²) in [5.74, 6) is -1.30. The Morgan fingerprint density at radius 1 is 1.53 bits per heavy atom. The van der Waals surface area contributed by atoms with Crippen LogP contribution in [0.2, 0.25) is 0 Å². The third-order valence-corrected chi connectivity index (χ3v) is 3.17. The molecule has 1 aliphatic carbocycles. The van der Waals surface area contributed by atoms with E-state index < -0.39 is 5.97 Å². The van der Waals surface area contributed by atoms with Crippen LogP contribution in [0.25, 0.3) is 0 Å². The standard InChI is InChI=1S/C11H15N3O3/c1-14-9(4-5-12-14)10(15)13-8-3-2-7(6-8)11(16)17/h4-5,7-8H,2-3,6H2,1H3,(H,13,15)(H,16,17)/t7-,8+/m1/s1. The Bertz CT molecular complexity index is 441. The highest BCUT2D eigenvalue weighted by Crippen LogP contribution is 2.25. The summed E-state index contributed by atoms with van der Waals surface area (Å²) in [7, 11) is 1.70. The van der Waals surface area contributed by atoms with Gasteiger partial charge in [-0.15, -0.1) is 0 Å². The van der Waals surface area contributed by atoms with Crippen LogP contribution < -0.4 is 5.32 Å². The maximum atomic E-state index is 11.8. The molecule has 0 radical (unpaired) electrons. The lowest BCUT2D eigenvalue weighted by Crippen LogP contribution is -2.34. The van der Waals surface area contributed by atoms with Crippen molar-refractivity contribution in [3.05, 3.63) is 18.0 Å². The van der Waals surface area contributed by atoms with Crippen LogP contribution in [0.4, 0.5) is 0 Å². The number of carboxylic acid groups (broad SMARTS) is 1.